The third-order valence-electron chi connectivity index (χ3n) is 3.33. The number of halogens is 1. The van der Waals surface area contributed by atoms with Crippen molar-refractivity contribution < 1.29 is 14.5 Å². The Kier molecular flexibility index (Phi) is 5.18. The minimum absolute atomic E-state index is 0.106. The van der Waals surface area contributed by atoms with E-state index in [2.05, 4.69) is 5.32 Å². The number of ether oxygens (including phenoxy) is 1. The number of nitrogens with zero attached hydrogens (tertiary/aromatic N) is 1. The third kappa shape index (κ3) is 3.98. The first kappa shape index (κ1) is 16.8. The molecular formula is C16H15ClN2O4. The van der Waals surface area contributed by atoms with Crippen molar-refractivity contribution in [3.05, 3.63) is 68.7 Å². The van der Waals surface area contributed by atoms with Crippen LogP contribution < -0.4 is 10.1 Å². The molecule has 0 fully saturated rings. The van der Waals surface area contributed by atoms with E-state index in [0.29, 0.717) is 5.02 Å². The van der Waals surface area contributed by atoms with Crippen LogP contribution in [-0.2, 0) is 0 Å². The summed E-state index contributed by atoms with van der Waals surface area (Å²) in [5, 5.41) is 14.4. The molecule has 2 aromatic carbocycles. The summed E-state index contributed by atoms with van der Waals surface area (Å²) >= 11 is 5.93. The van der Waals surface area contributed by atoms with Gasteiger partial charge >= 0.3 is 5.69 Å². The average Bonchev–Trinajstić information content (AvgIpc) is 2.54. The fourth-order valence-electron chi connectivity index (χ4n) is 2.11. The summed E-state index contributed by atoms with van der Waals surface area (Å²) in [6.45, 7) is 1.81. The van der Waals surface area contributed by atoms with Crippen LogP contribution in [0.1, 0.15) is 28.9 Å². The monoisotopic (exact) mass is 334 g/mol. The number of nitro groups is 1. The van der Waals surface area contributed by atoms with Crippen molar-refractivity contribution in [3.8, 4) is 5.75 Å². The molecule has 1 N–H and O–H groups in total. The van der Waals surface area contributed by atoms with Crippen LogP contribution >= 0.6 is 11.6 Å². The van der Waals surface area contributed by atoms with E-state index in [1.165, 1.54) is 25.3 Å². The number of hydrogen-bond acceptors (Lipinski definition) is 4. The zero-order valence-electron chi connectivity index (χ0n) is 12.6. The van der Waals surface area contributed by atoms with Gasteiger partial charge in [-0.05, 0) is 36.8 Å². The highest BCUT2D eigenvalue weighted by Crippen LogP contribution is 2.27. The summed E-state index contributed by atoms with van der Waals surface area (Å²) in [6, 6.07) is 10.9. The average molecular weight is 335 g/mol. The van der Waals surface area contributed by atoms with Gasteiger partial charge in [0.15, 0.2) is 5.75 Å². The van der Waals surface area contributed by atoms with Gasteiger partial charge in [0, 0.05) is 16.7 Å². The molecule has 0 heterocycles. The molecule has 0 aromatic heterocycles. The van der Waals surface area contributed by atoms with Gasteiger partial charge in [-0.15, -0.1) is 0 Å². The Hall–Kier alpha value is -2.60. The lowest BCUT2D eigenvalue weighted by molar-refractivity contribution is -0.385. The Bertz CT molecular complexity index is 749. The summed E-state index contributed by atoms with van der Waals surface area (Å²) in [6.07, 6.45) is 0. The van der Waals surface area contributed by atoms with Gasteiger partial charge < -0.3 is 10.1 Å². The molecule has 0 saturated heterocycles. The quantitative estimate of drug-likeness (QED) is 0.667. The number of carbonyl (C=O) groups is 1. The summed E-state index contributed by atoms with van der Waals surface area (Å²) in [7, 11) is 1.34. The molecule has 2 aromatic rings. The second-order valence-corrected chi connectivity index (χ2v) is 5.33. The van der Waals surface area contributed by atoms with Crippen molar-refractivity contribution in [2.75, 3.05) is 7.11 Å². The van der Waals surface area contributed by atoms with Crippen molar-refractivity contribution in [1.29, 1.82) is 0 Å². The fourth-order valence-corrected chi connectivity index (χ4v) is 2.31. The molecule has 0 aliphatic carbocycles. The summed E-state index contributed by atoms with van der Waals surface area (Å²) < 4.78 is 4.92. The summed E-state index contributed by atoms with van der Waals surface area (Å²) in [4.78, 5) is 22.7. The van der Waals surface area contributed by atoms with Crippen molar-refractivity contribution in [3.63, 3.8) is 0 Å². The van der Waals surface area contributed by atoms with Crippen LogP contribution in [0.3, 0.4) is 0 Å². The lowest BCUT2D eigenvalue weighted by atomic mass is 10.1. The SMILES string of the molecule is COc1ccc(C(=O)N[C@@H](C)c2cccc(Cl)c2)cc1[N+](=O)[O-]. The number of methoxy groups -OCH3 is 1. The van der Waals surface area contributed by atoms with E-state index in [1.54, 1.807) is 18.2 Å². The Labute approximate surface area is 138 Å². The smallest absolute Gasteiger partial charge is 0.311 e. The third-order valence-corrected chi connectivity index (χ3v) is 3.57. The molecule has 0 aliphatic rings. The molecular weight excluding hydrogens is 320 g/mol. The lowest BCUT2D eigenvalue weighted by Crippen LogP contribution is -2.26. The number of carbonyl (C=O) groups excluding carboxylic acids is 1. The van der Waals surface area contributed by atoms with Crippen LogP contribution in [0.15, 0.2) is 42.5 Å². The number of nitrogens with one attached hydrogen (secondary N) is 1. The standard InChI is InChI=1S/C16H15ClN2O4/c1-10(11-4-3-5-13(17)8-11)18-16(20)12-6-7-15(23-2)14(9-12)19(21)22/h3-10H,1-2H3,(H,18,20)/t10-/m0/s1. The molecule has 0 spiro atoms. The van der Waals surface area contributed by atoms with Gasteiger partial charge in [0.2, 0.25) is 0 Å². The van der Waals surface area contributed by atoms with Gasteiger partial charge in [-0.25, -0.2) is 0 Å². The molecule has 6 nitrogen and oxygen atoms in total. The number of rotatable bonds is 5. The molecule has 0 saturated carbocycles. The van der Waals surface area contributed by atoms with Gasteiger partial charge in [-0.1, -0.05) is 23.7 Å². The zero-order chi connectivity index (χ0) is 17.0. The Morgan fingerprint density at radius 2 is 2.04 bits per heavy atom. The van der Waals surface area contributed by atoms with E-state index >= 15 is 0 Å². The number of amides is 1. The van der Waals surface area contributed by atoms with E-state index in [4.69, 9.17) is 16.3 Å². The Morgan fingerprint density at radius 1 is 1.30 bits per heavy atom. The van der Waals surface area contributed by atoms with Gasteiger partial charge in [-0.3, -0.25) is 14.9 Å². The highest BCUT2D eigenvalue weighted by Gasteiger charge is 2.19. The first-order chi connectivity index (χ1) is 10.9. The van der Waals surface area contributed by atoms with Gasteiger partial charge in [0.1, 0.15) is 0 Å². The molecule has 0 bridgehead atoms. The lowest BCUT2D eigenvalue weighted by Gasteiger charge is -2.15. The van der Waals surface area contributed by atoms with Crippen molar-refractivity contribution in [2.24, 2.45) is 0 Å². The maximum absolute atomic E-state index is 12.3. The fraction of sp³-hybridized carbons (Fsp3) is 0.188. The topological polar surface area (TPSA) is 81.5 Å². The van der Waals surface area contributed by atoms with E-state index in [1.807, 2.05) is 13.0 Å². The van der Waals surface area contributed by atoms with Crippen molar-refractivity contribution in [1.82, 2.24) is 5.32 Å². The molecule has 1 atom stereocenters. The van der Waals surface area contributed by atoms with E-state index in [9.17, 15) is 14.9 Å². The van der Waals surface area contributed by atoms with Crippen molar-refractivity contribution >= 4 is 23.2 Å². The number of nitro benzene ring substituents is 1. The molecule has 1 amide bonds. The van der Waals surface area contributed by atoms with Crippen LogP contribution in [0.2, 0.25) is 5.02 Å². The van der Waals surface area contributed by atoms with Crippen molar-refractivity contribution in [2.45, 2.75) is 13.0 Å². The Morgan fingerprint density at radius 3 is 2.65 bits per heavy atom. The van der Waals surface area contributed by atoms with E-state index < -0.39 is 10.8 Å². The number of hydrogen-bond donors (Lipinski definition) is 1. The van der Waals surface area contributed by atoms with Gasteiger partial charge in [-0.2, -0.15) is 0 Å². The van der Waals surface area contributed by atoms with Crippen LogP contribution in [0.5, 0.6) is 5.75 Å². The predicted octanol–water partition coefficient (Wildman–Crippen LogP) is 3.75. The zero-order valence-corrected chi connectivity index (χ0v) is 13.3. The maximum Gasteiger partial charge on any atom is 0.311 e. The minimum atomic E-state index is -0.587. The first-order valence-corrected chi connectivity index (χ1v) is 7.19. The Balaban J connectivity index is 2.20. The summed E-state index contributed by atoms with van der Waals surface area (Å²) in [5.41, 5.74) is 0.774. The highest BCUT2D eigenvalue weighted by molar-refractivity contribution is 6.30. The molecule has 0 unspecified atom stereocenters. The van der Waals surface area contributed by atoms with Gasteiger partial charge in [0.05, 0.1) is 18.1 Å². The largest absolute Gasteiger partial charge is 0.490 e. The van der Waals surface area contributed by atoms with E-state index in [-0.39, 0.29) is 23.0 Å². The van der Waals surface area contributed by atoms with E-state index in [0.717, 1.165) is 5.56 Å². The summed E-state index contributed by atoms with van der Waals surface area (Å²) in [5.74, 6) is -0.308. The minimum Gasteiger partial charge on any atom is -0.490 e. The van der Waals surface area contributed by atoms with Gasteiger partial charge in [0.25, 0.3) is 5.91 Å². The highest BCUT2D eigenvalue weighted by atomic mass is 35.5. The molecule has 0 aliphatic heterocycles. The molecule has 7 heteroatoms. The molecule has 0 radical (unpaired) electrons. The van der Waals surface area contributed by atoms with Crippen LogP contribution in [0.25, 0.3) is 0 Å². The second-order valence-electron chi connectivity index (χ2n) is 4.89. The van der Waals surface area contributed by atoms with Crippen LogP contribution in [0.4, 0.5) is 5.69 Å². The molecule has 120 valence electrons. The number of benzene rings is 2. The van der Waals surface area contributed by atoms with Crippen LogP contribution in [0, 0.1) is 10.1 Å². The predicted molar refractivity (Wildman–Crippen MR) is 87.0 cm³/mol. The van der Waals surface area contributed by atoms with Crippen LogP contribution in [-0.4, -0.2) is 17.9 Å². The second kappa shape index (κ2) is 7.11. The first-order valence-electron chi connectivity index (χ1n) is 6.81. The molecule has 23 heavy (non-hydrogen) atoms. The maximum atomic E-state index is 12.3. The normalized spacial score (nSPS) is 11.6. The molecule has 2 rings (SSSR count).